The molecule has 1 aliphatic heterocycles. The van der Waals surface area contributed by atoms with Gasteiger partial charge in [0.25, 0.3) is 5.91 Å². The second kappa shape index (κ2) is 6.27. The molecule has 0 N–H and O–H groups in total. The minimum atomic E-state index is -0.425. The van der Waals surface area contributed by atoms with Crippen molar-refractivity contribution in [1.82, 2.24) is 0 Å². The third kappa shape index (κ3) is 2.39. The van der Waals surface area contributed by atoms with Gasteiger partial charge in [-0.1, -0.05) is 40.7 Å². The van der Waals surface area contributed by atoms with E-state index < -0.39 is 11.0 Å². The summed E-state index contributed by atoms with van der Waals surface area (Å²) in [5, 5.41) is 0. The fourth-order valence-electron chi connectivity index (χ4n) is 6.23. The highest BCUT2D eigenvalue weighted by Crippen LogP contribution is 2.63. The molecule has 0 saturated heterocycles. The molecule has 2 saturated carbocycles. The predicted octanol–water partition coefficient (Wildman–Crippen LogP) is 5.23. The van der Waals surface area contributed by atoms with Crippen LogP contribution < -0.4 is 4.74 Å². The van der Waals surface area contributed by atoms with Gasteiger partial charge in [-0.2, -0.15) is 0 Å². The maximum Gasteiger partial charge on any atom is 0.277 e. The summed E-state index contributed by atoms with van der Waals surface area (Å²) in [5.74, 6) is 1.54. The fourth-order valence-corrected chi connectivity index (χ4v) is 6.23. The number of Topliss-reactive ketones (excluding diaryl/α,β-unsaturated/α-hetero) is 1. The van der Waals surface area contributed by atoms with Crippen LogP contribution in [0.3, 0.4) is 0 Å². The van der Waals surface area contributed by atoms with E-state index in [1.54, 1.807) is 6.21 Å². The Kier molecular flexibility index (Phi) is 4.33. The van der Waals surface area contributed by atoms with Crippen molar-refractivity contribution in [1.29, 1.82) is 0 Å². The first-order valence-electron chi connectivity index (χ1n) is 10.6. The van der Waals surface area contributed by atoms with Crippen LogP contribution in [0.1, 0.15) is 82.6 Å². The van der Waals surface area contributed by atoms with Gasteiger partial charge in [0.2, 0.25) is 0 Å². The Morgan fingerprint density at radius 3 is 2.64 bits per heavy atom. The Labute approximate surface area is 167 Å². The van der Waals surface area contributed by atoms with Crippen molar-refractivity contribution in [3.63, 3.8) is 0 Å². The molecule has 4 nitrogen and oxygen atoms in total. The molecule has 4 unspecified atom stereocenters. The number of benzene rings is 1. The smallest absolute Gasteiger partial charge is 0.277 e. The van der Waals surface area contributed by atoms with Crippen molar-refractivity contribution in [2.45, 2.75) is 72.3 Å². The van der Waals surface area contributed by atoms with Crippen LogP contribution >= 0.6 is 0 Å². The summed E-state index contributed by atoms with van der Waals surface area (Å²) in [6.07, 6.45) is 6.03. The number of hydrogen-bond donors (Lipinski definition) is 0. The van der Waals surface area contributed by atoms with E-state index in [0.717, 1.165) is 37.0 Å². The number of ketones is 1. The number of carbonyl (C=O) groups excluding carboxylic acids is 2. The van der Waals surface area contributed by atoms with Gasteiger partial charge in [0.1, 0.15) is 17.1 Å². The third-order valence-corrected chi connectivity index (χ3v) is 8.45. The summed E-state index contributed by atoms with van der Waals surface area (Å²) in [5.41, 5.74) is 0.518. The van der Waals surface area contributed by atoms with Crippen molar-refractivity contribution in [2.24, 2.45) is 27.7 Å². The summed E-state index contributed by atoms with van der Waals surface area (Å²) < 4.78 is 7.00. The number of fused-ring (bicyclic) bond motifs is 2. The Morgan fingerprint density at radius 1 is 1.18 bits per heavy atom. The highest BCUT2D eigenvalue weighted by molar-refractivity contribution is 6.14. The average Bonchev–Trinajstić information content (AvgIpc) is 3.05. The van der Waals surface area contributed by atoms with Crippen molar-refractivity contribution >= 4 is 17.9 Å². The number of aliphatic imine (C=N–C) groups is 1. The van der Waals surface area contributed by atoms with Crippen LogP contribution in [0, 0.1) is 22.7 Å². The molecule has 2 aliphatic carbocycles. The second-order valence-electron chi connectivity index (χ2n) is 9.72. The Balaban J connectivity index is 1.88. The molecule has 28 heavy (non-hydrogen) atoms. The van der Waals surface area contributed by atoms with Gasteiger partial charge in [-0.25, -0.2) is 4.99 Å². The summed E-state index contributed by atoms with van der Waals surface area (Å²) in [6.45, 7) is 11.1. The monoisotopic (exact) mass is 381 g/mol. The molecule has 150 valence electrons. The van der Waals surface area contributed by atoms with E-state index in [1.807, 2.05) is 18.2 Å². The summed E-state index contributed by atoms with van der Waals surface area (Å²) in [7, 11) is 0. The molecular formula is C24H31NO3. The normalized spacial score (nSPS) is 36.2. The molecule has 0 radical (unpaired) electrons. The highest BCUT2D eigenvalue weighted by Gasteiger charge is 2.65. The molecule has 0 aromatic heterocycles. The van der Waals surface area contributed by atoms with Crippen molar-refractivity contribution in [3.8, 4) is 5.75 Å². The van der Waals surface area contributed by atoms with Crippen LogP contribution in [-0.2, 0) is 4.79 Å². The third-order valence-electron chi connectivity index (χ3n) is 8.45. The maximum atomic E-state index is 12.9. The topological polar surface area (TPSA) is 55.7 Å². The Bertz CT molecular complexity index is 871. The van der Waals surface area contributed by atoms with E-state index >= 15 is 0 Å². The first-order chi connectivity index (χ1) is 13.2. The summed E-state index contributed by atoms with van der Waals surface area (Å²) in [6, 6.07) is 5.64. The molecule has 0 spiro atoms. The van der Waals surface area contributed by atoms with Gasteiger partial charge in [0, 0.05) is 34.9 Å². The quantitative estimate of drug-likeness (QED) is 0.720. The average molecular weight is 382 g/mol. The first-order valence-corrected chi connectivity index (χ1v) is 10.6. The standard InChI is InChI=1S/C24H31NO3/c1-6-23(5)15(2)10-11-19-22(3,4)20(26)12-13-24(19,23)28-18-9-7-8-16-17(18)14-25-21(16)27/h7-9,14-15,19H,6,10-13H2,1-5H3. The zero-order chi connectivity index (χ0) is 20.3. The SMILES string of the molecule is CCC1(C)C(C)CCC2C(C)(C)C(=O)CCC21Oc1cccc2c1C=NC2=O. The molecule has 3 aliphatic rings. The van der Waals surface area contributed by atoms with Crippen LogP contribution in [-0.4, -0.2) is 23.5 Å². The minimum absolute atomic E-state index is 0.0453. The molecule has 1 aromatic carbocycles. The predicted molar refractivity (Wildman–Crippen MR) is 110 cm³/mol. The largest absolute Gasteiger partial charge is 0.486 e. The number of rotatable bonds is 3. The van der Waals surface area contributed by atoms with Crippen LogP contribution in [0.5, 0.6) is 5.75 Å². The molecule has 2 fully saturated rings. The fraction of sp³-hybridized carbons (Fsp3) is 0.625. The van der Waals surface area contributed by atoms with Gasteiger partial charge >= 0.3 is 0 Å². The van der Waals surface area contributed by atoms with E-state index in [1.165, 1.54) is 0 Å². The molecule has 4 rings (SSSR count). The number of hydrogen-bond acceptors (Lipinski definition) is 3. The lowest BCUT2D eigenvalue weighted by Gasteiger charge is -2.63. The zero-order valence-electron chi connectivity index (χ0n) is 17.7. The second-order valence-corrected chi connectivity index (χ2v) is 9.72. The number of amides is 1. The molecule has 1 amide bonds. The van der Waals surface area contributed by atoms with Crippen LogP contribution in [0.15, 0.2) is 23.2 Å². The first kappa shape index (κ1) is 19.4. The van der Waals surface area contributed by atoms with E-state index in [2.05, 4.69) is 39.6 Å². The van der Waals surface area contributed by atoms with Crippen LogP contribution in [0.4, 0.5) is 0 Å². The van der Waals surface area contributed by atoms with Crippen LogP contribution in [0.2, 0.25) is 0 Å². The van der Waals surface area contributed by atoms with Gasteiger partial charge in [0.05, 0.1) is 5.56 Å². The molecule has 1 heterocycles. The van der Waals surface area contributed by atoms with Crippen molar-refractivity contribution in [3.05, 3.63) is 29.3 Å². The van der Waals surface area contributed by atoms with Gasteiger partial charge in [-0.15, -0.1) is 0 Å². The molecular weight excluding hydrogens is 350 g/mol. The zero-order valence-corrected chi connectivity index (χ0v) is 17.7. The molecule has 0 bridgehead atoms. The maximum absolute atomic E-state index is 12.9. The Morgan fingerprint density at radius 2 is 1.93 bits per heavy atom. The van der Waals surface area contributed by atoms with E-state index in [4.69, 9.17) is 4.74 Å². The lowest BCUT2D eigenvalue weighted by atomic mass is 9.45. The van der Waals surface area contributed by atoms with Crippen molar-refractivity contribution in [2.75, 3.05) is 0 Å². The number of nitrogens with zero attached hydrogens (tertiary/aromatic N) is 1. The van der Waals surface area contributed by atoms with Gasteiger partial charge in [-0.3, -0.25) is 9.59 Å². The Hall–Kier alpha value is -1.97. The minimum Gasteiger partial charge on any atom is -0.486 e. The molecule has 1 aromatic rings. The number of carbonyl (C=O) groups is 2. The van der Waals surface area contributed by atoms with E-state index in [-0.39, 0.29) is 17.2 Å². The number of ether oxygens (including phenoxy) is 1. The lowest BCUT2D eigenvalue weighted by molar-refractivity contribution is -0.202. The van der Waals surface area contributed by atoms with Gasteiger partial charge < -0.3 is 4.74 Å². The summed E-state index contributed by atoms with van der Waals surface area (Å²) >= 11 is 0. The van der Waals surface area contributed by atoms with Crippen molar-refractivity contribution < 1.29 is 14.3 Å². The summed E-state index contributed by atoms with van der Waals surface area (Å²) in [4.78, 5) is 28.9. The van der Waals surface area contributed by atoms with Gasteiger partial charge in [0.15, 0.2) is 0 Å². The highest BCUT2D eigenvalue weighted by atomic mass is 16.5. The molecule has 4 heteroatoms. The van der Waals surface area contributed by atoms with E-state index in [9.17, 15) is 9.59 Å². The van der Waals surface area contributed by atoms with E-state index in [0.29, 0.717) is 23.7 Å². The molecule has 4 atom stereocenters. The van der Waals surface area contributed by atoms with Gasteiger partial charge in [-0.05, 0) is 43.7 Å². The van der Waals surface area contributed by atoms with Crippen LogP contribution in [0.25, 0.3) is 0 Å². The lowest BCUT2D eigenvalue weighted by Crippen LogP contribution is -2.67.